The minimum absolute atomic E-state index is 0.0871. The van der Waals surface area contributed by atoms with E-state index in [0.29, 0.717) is 59.0 Å². The van der Waals surface area contributed by atoms with E-state index in [9.17, 15) is 0 Å². The van der Waals surface area contributed by atoms with E-state index in [1.54, 1.807) is 55.4 Å². The van der Waals surface area contributed by atoms with Gasteiger partial charge in [-0.25, -0.2) is 0 Å². The van der Waals surface area contributed by atoms with Gasteiger partial charge in [-0.1, -0.05) is 0 Å². The highest BCUT2D eigenvalue weighted by Crippen LogP contribution is 1.81. The number of rotatable bonds is 14. The lowest BCUT2D eigenvalue weighted by atomic mass is 10.4. The second-order valence-electron chi connectivity index (χ2n) is 9.54. The summed E-state index contributed by atoms with van der Waals surface area (Å²) in [6, 6.07) is 0. The van der Waals surface area contributed by atoms with E-state index in [1.165, 1.54) is 24.9 Å². The van der Waals surface area contributed by atoms with Crippen LogP contribution < -0.4 is 57.3 Å². The Hall–Kier alpha value is -7.28. The molecule has 0 aromatic rings. The van der Waals surface area contributed by atoms with Gasteiger partial charge in [0.2, 0.25) is 23.8 Å². The van der Waals surface area contributed by atoms with Crippen molar-refractivity contribution in [3.05, 3.63) is 0 Å². The van der Waals surface area contributed by atoms with E-state index in [0.717, 1.165) is 0 Å². The molecular weight excluding hydrogens is 676 g/mol. The Labute approximate surface area is 302 Å². The zero-order valence-corrected chi connectivity index (χ0v) is 30.8. The predicted molar refractivity (Wildman–Crippen MR) is 221 cm³/mol. The van der Waals surface area contributed by atoms with Crippen LogP contribution in [0.2, 0.25) is 0 Å². The molecule has 288 valence electrons. The van der Waals surface area contributed by atoms with Crippen molar-refractivity contribution >= 4 is 94.6 Å². The van der Waals surface area contributed by atoms with Gasteiger partial charge in [0.05, 0.1) is 48.4 Å². The van der Waals surface area contributed by atoms with Gasteiger partial charge in [-0.2, -0.15) is 30.6 Å². The van der Waals surface area contributed by atoms with Crippen LogP contribution in [0, 0.1) is 10.8 Å². The number of nitrogens with zero attached hydrogens (tertiary/aromatic N) is 14. The van der Waals surface area contributed by atoms with Crippen molar-refractivity contribution in [1.29, 1.82) is 10.8 Å². The molecule has 0 atom stereocenters. The second-order valence-corrected chi connectivity index (χ2v) is 9.54. The van der Waals surface area contributed by atoms with Crippen molar-refractivity contribution in [3.8, 4) is 0 Å². The minimum Gasteiger partial charge on any atom is -0.386 e. The van der Waals surface area contributed by atoms with Crippen molar-refractivity contribution in [2.24, 2.45) is 129 Å². The Bertz CT molecular complexity index is 1390. The first-order valence-corrected chi connectivity index (χ1v) is 14.3. The molecule has 0 spiro atoms. The van der Waals surface area contributed by atoms with E-state index in [4.69, 9.17) is 68.2 Å². The van der Waals surface area contributed by atoms with E-state index in [2.05, 4.69) is 71.2 Å². The van der Waals surface area contributed by atoms with E-state index >= 15 is 0 Å². The van der Waals surface area contributed by atoms with Gasteiger partial charge in [-0.15, -0.1) is 30.6 Å². The smallest absolute Gasteiger partial charge is 0.211 e. The molecule has 0 aliphatic carbocycles. The third-order valence-corrected chi connectivity index (χ3v) is 3.43. The molecule has 0 aliphatic rings. The van der Waals surface area contributed by atoms with Crippen LogP contribution in [0.3, 0.4) is 0 Å². The predicted octanol–water partition coefficient (Wildman–Crippen LogP) is -2.51. The standard InChI is InChI=1S/2C7H14N6.2C6H13N7/c2*1-5(8)3-11-4-6(2)12-13-7(9)10;2*1-4(11-13-6(8)9)3-10-12-5(2)7/h2*4,8H,3H2,1-2H3,(H4,9,10,13);2*3H,1-2H3,(H2,7,12)(H4,8,9,13)/b8-5?,11-4?,12-6+;8-5?,11-4?,12-6-;10-3-,11-4+;10-3-,11-4-. The van der Waals surface area contributed by atoms with Crippen molar-refractivity contribution in [3.63, 3.8) is 0 Å². The quantitative estimate of drug-likeness (QED) is 0.0506. The molecular formula is C26H54N26. The van der Waals surface area contributed by atoms with Crippen LogP contribution in [0.4, 0.5) is 0 Å². The number of hydrogen-bond donors (Lipinski definition) is 12. The Morgan fingerprint density at radius 2 is 0.596 bits per heavy atom. The molecule has 0 unspecified atom stereocenters. The van der Waals surface area contributed by atoms with E-state index in [-0.39, 0.29) is 23.8 Å². The second kappa shape index (κ2) is 33.6. The zero-order valence-electron chi connectivity index (χ0n) is 30.8. The summed E-state index contributed by atoms with van der Waals surface area (Å²) in [6.07, 6.45) is 5.82. The van der Waals surface area contributed by atoms with Gasteiger partial charge in [0.1, 0.15) is 11.7 Å². The number of nitrogens with one attached hydrogen (secondary N) is 2. The first-order valence-electron chi connectivity index (χ1n) is 14.3. The molecule has 0 aromatic heterocycles. The van der Waals surface area contributed by atoms with E-state index in [1.807, 2.05) is 0 Å². The summed E-state index contributed by atoms with van der Waals surface area (Å²) in [5.74, 6) is 0.348. The highest BCUT2D eigenvalue weighted by Gasteiger charge is 1.87. The van der Waals surface area contributed by atoms with Crippen LogP contribution >= 0.6 is 0 Å². The maximum absolute atomic E-state index is 7.09. The molecule has 0 rings (SSSR count). The van der Waals surface area contributed by atoms with Crippen LogP contribution in [-0.4, -0.2) is 108 Å². The fraction of sp³-hybridized carbons (Fsp3) is 0.385. The molecule has 0 aliphatic heterocycles. The fourth-order valence-electron chi connectivity index (χ4n) is 1.69. The van der Waals surface area contributed by atoms with Gasteiger partial charge in [0.15, 0.2) is 0 Å². The molecule has 0 saturated carbocycles. The fourth-order valence-corrected chi connectivity index (χ4v) is 1.69. The molecule has 26 nitrogen and oxygen atoms in total. The van der Waals surface area contributed by atoms with Crippen LogP contribution in [0.15, 0.2) is 71.2 Å². The van der Waals surface area contributed by atoms with Gasteiger partial charge in [-0.3, -0.25) is 9.98 Å². The molecule has 0 heterocycles. The molecule has 26 heteroatoms. The van der Waals surface area contributed by atoms with Crippen LogP contribution in [0.25, 0.3) is 0 Å². The molecule has 0 saturated heterocycles. The monoisotopic (exact) mass is 731 g/mol. The summed E-state index contributed by atoms with van der Waals surface area (Å²) in [7, 11) is 0. The summed E-state index contributed by atoms with van der Waals surface area (Å²) < 4.78 is 0. The molecule has 52 heavy (non-hydrogen) atoms. The molecule has 0 fully saturated rings. The van der Waals surface area contributed by atoms with Crippen LogP contribution in [-0.2, 0) is 0 Å². The lowest BCUT2D eigenvalue weighted by Crippen LogP contribution is -2.22. The highest BCUT2D eigenvalue weighted by atomic mass is 15.3. The SMILES string of the molecule is CC(=N)CN=C/C(C)=N/N=C(N)N.CC(=N)CN=C/C(C)=N\N=C(N)N.CC(N)=N/N=C\C(C)=N/N=C(N)N.CC(N)=N/N=C\C(C)=N\N=C(N)N. The summed E-state index contributed by atoms with van der Waals surface area (Å²) in [4.78, 5) is 7.84. The topological polar surface area (TPSA) is 481 Å². The number of aliphatic imine (C=N–C) groups is 2. The van der Waals surface area contributed by atoms with Gasteiger partial charge in [0.25, 0.3) is 0 Å². The summed E-state index contributed by atoms with van der Waals surface area (Å²) in [6.45, 7) is 14.1. The lowest BCUT2D eigenvalue weighted by molar-refractivity contribution is 1.20. The average Bonchev–Trinajstić information content (AvgIpc) is 3.01. The van der Waals surface area contributed by atoms with Crippen LogP contribution in [0.5, 0.6) is 0 Å². The largest absolute Gasteiger partial charge is 0.386 e. The first kappa shape index (κ1) is 51.6. The third kappa shape index (κ3) is 55.1. The minimum atomic E-state index is -0.105. The van der Waals surface area contributed by atoms with E-state index < -0.39 is 0 Å². The molecule has 0 bridgehead atoms. The van der Waals surface area contributed by atoms with Crippen molar-refractivity contribution in [2.45, 2.75) is 55.4 Å². The summed E-state index contributed by atoms with van der Waals surface area (Å²) in [5.41, 5.74) is 54.1. The Balaban J connectivity index is -0.000000295. The van der Waals surface area contributed by atoms with Gasteiger partial charge in [0, 0.05) is 23.9 Å². The van der Waals surface area contributed by atoms with Gasteiger partial charge < -0.3 is 68.2 Å². The summed E-state index contributed by atoms with van der Waals surface area (Å²) >= 11 is 0. The molecule has 0 radical (unpaired) electrons. The number of amidine groups is 2. The Morgan fingerprint density at radius 3 is 0.788 bits per heavy atom. The molecule has 0 amide bonds. The number of hydrogen-bond acceptors (Lipinski definition) is 16. The maximum atomic E-state index is 7.09. The average molecular weight is 731 g/mol. The summed E-state index contributed by atoms with van der Waals surface area (Å²) in [5, 5.41) is 56.8. The number of guanidine groups is 4. The molecule has 0 aromatic carbocycles. The Kier molecular flexibility index (Phi) is 33.3. The maximum Gasteiger partial charge on any atom is 0.211 e. The lowest BCUT2D eigenvalue weighted by Gasteiger charge is -1.89. The zero-order chi connectivity index (χ0) is 41.1. The van der Waals surface area contributed by atoms with Crippen molar-refractivity contribution in [2.75, 3.05) is 13.1 Å². The van der Waals surface area contributed by atoms with Gasteiger partial charge >= 0.3 is 0 Å². The molecule has 22 N–H and O–H groups in total. The van der Waals surface area contributed by atoms with Crippen molar-refractivity contribution < 1.29 is 0 Å². The normalized spacial score (nSPS) is 12.5. The van der Waals surface area contributed by atoms with Gasteiger partial charge in [-0.05, 0) is 55.4 Å². The highest BCUT2D eigenvalue weighted by molar-refractivity contribution is 6.30. The first-order chi connectivity index (χ1) is 24.1. The number of nitrogens with two attached hydrogens (primary N) is 10. The third-order valence-electron chi connectivity index (χ3n) is 3.43. The van der Waals surface area contributed by atoms with Crippen molar-refractivity contribution in [1.82, 2.24) is 0 Å². The Morgan fingerprint density at radius 1 is 0.365 bits per heavy atom. The van der Waals surface area contributed by atoms with Crippen LogP contribution in [0.1, 0.15) is 55.4 Å².